The number of anilines is 1. The minimum atomic E-state index is -0.457. The van der Waals surface area contributed by atoms with Gasteiger partial charge in [0.1, 0.15) is 11.6 Å². The van der Waals surface area contributed by atoms with Crippen molar-refractivity contribution in [1.29, 1.82) is 0 Å². The maximum atomic E-state index is 12.9. The number of aliphatic imine (C=N–C) groups is 1. The number of hydrogen-bond acceptors (Lipinski definition) is 8. The Balaban J connectivity index is 0.000000780. The van der Waals surface area contributed by atoms with E-state index in [1.165, 1.54) is 17.3 Å². The molecule has 1 aromatic rings. The zero-order valence-corrected chi connectivity index (χ0v) is 23.7. The van der Waals surface area contributed by atoms with E-state index in [4.69, 9.17) is 21.9 Å². The molecule has 1 atom stereocenters. The van der Waals surface area contributed by atoms with Crippen LogP contribution in [0.1, 0.15) is 59.6 Å². The number of carbonyl (C=O) groups excluding carboxylic acids is 1. The van der Waals surface area contributed by atoms with Gasteiger partial charge in [-0.05, 0) is 39.3 Å². The number of halogens is 1. The summed E-state index contributed by atoms with van der Waals surface area (Å²) in [7, 11) is 1.56. The van der Waals surface area contributed by atoms with Gasteiger partial charge in [-0.15, -0.1) is 0 Å². The van der Waals surface area contributed by atoms with Crippen LogP contribution in [-0.4, -0.2) is 48.6 Å². The lowest BCUT2D eigenvalue weighted by atomic mass is 10.1. The molecule has 7 N–H and O–H groups in total. The Morgan fingerprint density at radius 1 is 1.32 bits per heavy atom. The minimum Gasteiger partial charge on any atom is -0.446 e. The number of nitrogens with two attached hydrogens (primary N) is 3. The molecule has 0 saturated carbocycles. The summed E-state index contributed by atoms with van der Waals surface area (Å²) in [6.45, 7) is 12.2. The van der Waals surface area contributed by atoms with Crippen molar-refractivity contribution in [1.82, 2.24) is 15.3 Å². The molecule has 0 spiro atoms. The van der Waals surface area contributed by atoms with Crippen LogP contribution in [0.5, 0.6) is 0 Å². The third kappa shape index (κ3) is 12.4. The van der Waals surface area contributed by atoms with E-state index in [2.05, 4.69) is 15.4 Å². The fourth-order valence-corrected chi connectivity index (χ4v) is 2.87. The molecule has 2 heterocycles. The first-order chi connectivity index (χ1) is 18.1. The first-order valence-electron chi connectivity index (χ1n) is 12.6. The number of nitrogens with one attached hydrogen (secondary N) is 1. The van der Waals surface area contributed by atoms with E-state index in [1.54, 1.807) is 53.1 Å². The highest BCUT2D eigenvalue weighted by Crippen LogP contribution is 2.30. The number of nitrogens with zero attached hydrogens (tertiary/aromatic N) is 4. The lowest BCUT2D eigenvalue weighted by Gasteiger charge is -2.19. The maximum absolute atomic E-state index is 12.9. The second kappa shape index (κ2) is 19.3. The Kier molecular flexibility index (Phi) is 17.3. The molecule has 1 aliphatic rings. The Labute approximate surface area is 226 Å². The lowest BCUT2D eigenvalue weighted by molar-refractivity contribution is 0.0917. The van der Waals surface area contributed by atoms with Crippen LogP contribution in [0.15, 0.2) is 71.0 Å². The van der Waals surface area contributed by atoms with Gasteiger partial charge in [0.05, 0.1) is 43.1 Å². The number of hydrogen-bond donors (Lipinski definition) is 4. The lowest BCUT2D eigenvalue weighted by Crippen LogP contribution is -2.35. The van der Waals surface area contributed by atoms with Gasteiger partial charge in [0.15, 0.2) is 0 Å². The largest absolute Gasteiger partial charge is 0.446 e. The van der Waals surface area contributed by atoms with E-state index in [0.717, 1.165) is 11.4 Å². The van der Waals surface area contributed by atoms with E-state index in [1.807, 2.05) is 43.1 Å². The first-order valence-corrected chi connectivity index (χ1v) is 12.6. The van der Waals surface area contributed by atoms with Crippen LogP contribution in [0.2, 0.25) is 0 Å². The summed E-state index contributed by atoms with van der Waals surface area (Å²) in [5.74, 6) is 0.885. The Bertz CT molecular complexity index is 985. The fraction of sp³-hybridized carbons (Fsp3) is 0.444. The SMILES string of the molecule is CC.CC(=C(N)N)N(C)C(=O)OC(C)C.CC\C(F)=C/C=C\C=C\CN1NC(CN=CN)c2cccnc21. The summed E-state index contributed by atoms with van der Waals surface area (Å²) in [6.07, 6.45) is 11.7. The summed E-state index contributed by atoms with van der Waals surface area (Å²) in [4.78, 5) is 21.0. The van der Waals surface area contributed by atoms with Crippen molar-refractivity contribution in [3.05, 3.63) is 71.6 Å². The number of aromatic nitrogens is 1. The van der Waals surface area contributed by atoms with Crippen LogP contribution < -0.4 is 27.6 Å². The highest BCUT2D eigenvalue weighted by Gasteiger charge is 2.27. The molecule has 0 aromatic carbocycles. The van der Waals surface area contributed by atoms with Crippen molar-refractivity contribution in [2.45, 2.75) is 60.1 Å². The van der Waals surface area contributed by atoms with Crippen molar-refractivity contribution in [2.75, 3.05) is 25.1 Å². The van der Waals surface area contributed by atoms with Crippen molar-refractivity contribution < 1.29 is 13.9 Å². The molecule has 0 aliphatic carbocycles. The van der Waals surface area contributed by atoms with Gasteiger partial charge in [0.2, 0.25) is 0 Å². The summed E-state index contributed by atoms with van der Waals surface area (Å²) in [5.41, 5.74) is 20.9. The summed E-state index contributed by atoms with van der Waals surface area (Å²) in [5, 5.41) is 1.97. The quantitative estimate of drug-likeness (QED) is 0.208. The van der Waals surface area contributed by atoms with E-state index in [9.17, 15) is 9.18 Å². The van der Waals surface area contributed by atoms with Gasteiger partial charge in [0, 0.05) is 18.8 Å². The maximum Gasteiger partial charge on any atom is 0.414 e. The molecule has 0 saturated heterocycles. The van der Waals surface area contributed by atoms with Crippen molar-refractivity contribution in [3.8, 4) is 0 Å². The van der Waals surface area contributed by atoms with E-state index in [0.29, 0.717) is 25.2 Å². The zero-order chi connectivity index (χ0) is 29.1. The van der Waals surface area contributed by atoms with Gasteiger partial charge in [-0.25, -0.2) is 19.6 Å². The second-order valence-corrected chi connectivity index (χ2v) is 8.04. The van der Waals surface area contributed by atoms with Crippen molar-refractivity contribution in [2.24, 2.45) is 22.2 Å². The van der Waals surface area contributed by atoms with Crippen LogP contribution in [0.3, 0.4) is 0 Å². The third-order valence-electron chi connectivity index (χ3n) is 4.95. The van der Waals surface area contributed by atoms with E-state index < -0.39 is 6.09 Å². The highest BCUT2D eigenvalue weighted by atomic mass is 19.1. The second-order valence-electron chi connectivity index (χ2n) is 8.04. The standard InChI is InChI=1S/C17H22FN5.C8H17N3O2.C2H6/c1-2-14(18)8-5-3-4-6-11-23-17-15(9-7-10-21-17)16(22-23)12-20-13-19;1-5(2)13-8(12)11(4)6(3)7(9)10;1-2/h3-10,13,16,22H,2,11-12H2,1H3,(H2,19,20);5H,9-10H2,1-4H3;1-2H3/b5-3-,6-4+,14-8+;;. The topological polar surface area (TPSA) is 148 Å². The monoisotopic (exact) mass is 532 g/mol. The van der Waals surface area contributed by atoms with Crippen LogP contribution in [0.4, 0.5) is 15.0 Å². The molecule has 1 amide bonds. The van der Waals surface area contributed by atoms with Crippen molar-refractivity contribution in [3.63, 3.8) is 0 Å². The van der Waals surface area contributed by atoms with Gasteiger partial charge in [-0.3, -0.25) is 14.9 Å². The molecule has 1 aliphatic heterocycles. The molecule has 0 fully saturated rings. The number of pyridine rings is 1. The number of hydrazine groups is 1. The number of fused-ring (bicyclic) bond motifs is 1. The van der Waals surface area contributed by atoms with Gasteiger partial charge in [0.25, 0.3) is 0 Å². The highest BCUT2D eigenvalue weighted by molar-refractivity contribution is 5.69. The van der Waals surface area contributed by atoms with Gasteiger partial charge in [-0.1, -0.05) is 51.1 Å². The molecule has 11 heteroatoms. The van der Waals surface area contributed by atoms with Gasteiger partial charge in [-0.2, -0.15) is 0 Å². The summed E-state index contributed by atoms with van der Waals surface area (Å²) in [6, 6.07) is 4.02. The van der Waals surface area contributed by atoms with Crippen LogP contribution in [-0.2, 0) is 4.74 Å². The number of rotatable bonds is 9. The molecule has 38 heavy (non-hydrogen) atoms. The molecule has 1 unspecified atom stereocenters. The summed E-state index contributed by atoms with van der Waals surface area (Å²) < 4.78 is 17.9. The zero-order valence-electron chi connectivity index (χ0n) is 23.7. The molecule has 212 valence electrons. The number of carbonyl (C=O) groups is 1. The summed E-state index contributed by atoms with van der Waals surface area (Å²) >= 11 is 0. The molecule has 2 rings (SSSR count). The van der Waals surface area contributed by atoms with Gasteiger partial charge >= 0.3 is 6.09 Å². The molecular formula is C27H45FN8O2. The predicted octanol–water partition coefficient (Wildman–Crippen LogP) is 4.41. The van der Waals surface area contributed by atoms with Crippen LogP contribution in [0.25, 0.3) is 0 Å². The molecule has 1 aromatic heterocycles. The van der Waals surface area contributed by atoms with Gasteiger partial charge < -0.3 is 21.9 Å². The Morgan fingerprint density at radius 3 is 2.58 bits per heavy atom. The first kappa shape index (κ1) is 34.1. The predicted molar refractivity (Wildman–Crippen MR) is 155 cm³/mol. The number of allylic oxidation sites excluding steroid dienone is 6. The molecule has 0 bridgehead atoms. The smallest absolute Gasteiger partial charge is 0.414 e. The minimum absolute atomic E-state index is 0.0732. The average molecular weight is 533 g/mol. The van der Waals surface area contributed by atoms with Crippen LogP contribution >= 0.6 is 0 Å². The van der Waals surface area contributed by atoms with Crippen molar-refractivity contribution >= 4 is 18.2 Å². The fourth-order valence-electron chi connectivity index (χ4n) is 2.87. The van der Waals surface area contributed by atoms with Crippen LogP contribution in [0, 0.1) is 0 Å². The Morgan fingerprint density at radius 2 is 2.00 bits per heavy atom. The third-order valence-corrected chi connectivity index (χ3v) is 4.95. The number of ether oxygens (including phenoxy) is 1. The molecule has 0 radical (unpaired) electrons. The Hall–Kier alpha value is -3.86. The normalized spacial score (nSPS) is 14.7. The molecular weight excluding hydrogens is 487 g/mol. The molecule has 10 nitrogen and oxygen atoms in total. The number of amides is 1. The van der Waals surface area contributed by atoms with E-state index in [-0.39, 0.29) is 23.8 Å². The average Bonchev–Trinajstić information content (AvgIpc) is 3.26. The van der Waals surface area contributed by atoms with E-state index >= 15 is 0 Å².